The lowest BCUT2D eigenvalue weighted by molar-refractivity contribution is -0.750. The summed E-state index contributed by atoms with van der Waals surface area (Å²) in [6, 6.07) is 4.05. The molecule has 1 aliphatic heterocycles. The van der Waals surface area contributed by atoms with E-state index in [-0.39, 0.29) is 6.54 Å². The minimum absolute atomic E-state index is 0.252. The second kappa shape index (κ2) is 6.73. The van der Waals surface area contributed by atoms with Crippen LogP contribution in [0.4, 0.5) is 0 Å². The minimum atomic E-state index is -4.17. The summed E-state index contributed by atoms with van der Waals surface area (Å²) in [7, 11) is -4.17. The Kier molecular flexibility index (Phi) is 5.16. The quantitative estimate of drug-likeness (QED) is 0.496. The van der Waals surface area contributed by atoms with E-state index in [1.165, 1.54) is 0 Å². The molecule has 0 fully saturated rings. The Morgan fingerprint density at radius 1 is 1.23 bits per heavy atom. The van der Waals surface area contributed by atoms with E-state index in [0.29, 0.717) is 13.0 Å². The maximum Gasteiger partial charge on any atom is 0.437 e. The Balaban J connectivity index is 2.22. The molecule has 2 rings (SSSR count). The number of allylic oxidation sites excluding steroid dienone is 2. The maximum absolute atomic E-state index is 11.7. The second-order valence-corrected chi connectivity index (χ2v) is 7.23. The number of hydrogen-bond acceptors (Lipinski definition) is 2. The fourth-order valence-corrected chi connectivity index (χ4v) is 3.59. The summed E-state index contributed by atoms with van der Waals surface area (Å²) in [5.41, 5.74) is 2.03. The topological polar surface area (TPSA) is 58.2 Å². The Bertz CT molecular complexity index is 678. The van der Waals surface area contributed by atoms with Crippen molar-refractivity contribution in [3.63, 3.8) is 0 Å². The van der Waals surface area contributed by atoms with E-state index in [2.05, 4.69) is 11.5 Å². The van der Waals surface area contributed by atoms with Crippen molar-refractivity contribution in [2.24, 2.45) is 0 Å². The van der Waals surface area contributed by atoms with Crippen molar-refractivity contribution in [1.29, 1.82) is 0 Å². The van der Waals surface area contributed by atoms with Crippen molar-refractivity contribution >= 4 is 15.9 Å². The molecule has 22 heavy (non-hydrogen) atoms. The minimum Gasteiger partial charge on any atom is -0.241 e. The first-order valence-electron chi connectivity index (χ1n) is 7.65. The number of rotatable bonds is 6. The van der Waals surface area contributed by atoms with Gasteiger partial charge in [0.2, 0.25) is 0 Å². The molecule has 1 unspecified atom stereocenters. The lowest BCUT2D eigenvalue weighted by Crippen LogP contribution is -2.49. The van der Waals surface area contributed by atoms with Crippen LogP contribution in [0.1, 0.15) is 32.3 Å². The Hall–Kier alpha value is -1.50. The molecule has 1 N–H and O–H groups in total. The monoisotopic (exact) mass is 324 g/mol. The van der Waals surface area contributed by atoms with Gasteiger partial charge in [-0.2, -0.15) is 3.89 Å². The molecule has 120 valence electrons. The van der Waals surface area contributed by atoms with E-state index in [1.54, 1.807) is 12.3 Å². The van der Waals surface area contributed by atoms with Crippen LogP contribution in [0.25, 0.3) is 5.57 Å². The molecule has 0 aromatic carbocycles. The maximum atomic E-state index is 11.7. The molecule has 0 bridgehead atoms. The Morgan fingerprint density at radius 2 is 1.91 bits per heavy atom. The van der Waals surface area contributed by atoms with Crippen molar-refractivity contribution in [2.45, 2.75) is 33.2 Å². The van der Waals surface area contributed by atoms with Gasteiger partial charge in [0.1, 0.15) is 19.3 Å². The highest BCUT2D eigenvalue weighted by Crippen LogP contribution is 2.26. The molecular weight excluding hydrogens is 300 g/mol. The van der Waals surface area contributed by atoms with Gasteiger partial charge in [-0.15, -0.1) is 8.42 Å². The first kappa shape index (κ1) is 16.9. The molecule has 0 saturated heterocycles. The van der Waals surface area contributed by atoms with Crippen molar-refractivity contribution in [1.82, 2.24) is 0 Å². The van der Waals surface area contributed by atoms with E-state index in [9.17, 15) is 13.0 Å². The van der Waals surface area contributed by atoms with Crippen LogP contribution in [0.15, 0.2) is 42.9 Å². The van der Waals surface area contributed by atoms with Gasteiger partial charge in [-0.3, -0.25) is 0 Å². The summed E-state index contributed by atoms with van der Waals surface area (Å²) in [4.78, 5) is 0. The van der Waals surface area contributed by atoms with E-state index >= 15 is 0 Å². The molecule has 0 saturated carbocycles. The zero-order chi connectivity index (χ0) is 16.2. The number of pyridine rings is 1. The summed E-state index contributed by atoms with van der Waals surface area (Å²) in [5.74, 6) is 0. The van der Waals surface area contributed by atoms with Gasteiger partial charge in [0, 0.05) is 24.6 Å². The standard InChI is InChI=1S/C16H23N2O3S/c1-3-9-17-10-5-15(6-11-17)16-7-13-18(12-4-2,14-8-16)22(19,20)21/h5-8,10-11,13H,3-4,9,12,14H2,1-2H3/q+1/p+1. The number of hydrogen-bond donors (Lipinski definition) is 1. The normalized spacial score (nSPS) is 21.7. The van der Waals surface area contributed by atoms with Gasteiger partial charge in [-0.05, 0) is 23.6 Å². The van der Waals surface area contributed by atoms with Gasteiger partial charge in [-0.25, -0.2) is 9.12 Å². The molecule has 0 aliphatic carbocycles. The highest BCUT2D eigenvalue weighted by Gasteiger charge is 2.39. The van der Waals surface area contributed by atoms with Gasteiger partial charge >= 0.3 is 10.3 Å². The molecule has 6 heteroatoms. The fourth-order valence-electron chi connectivity index (χ4n) is 2.70. The van der Waals surface area contributed by atoms with Crippen LogP contribution < -0.4 is 4.57 Å². The smallest absolute Gasteiger partial charge is 0.241 e. The van der Waals surface area contributed by atoms with E-state index in [4.69, 9.17) is 0 Å². The predicted molar refractivity (Wildman–Crippen MR) is 85.9 cm³/mol. The number of aromatic nitrogens is 1. The average Bonchev–Trinajstić information content (AvgIpc) is 2.48. The van der Waals surface area contributed by atoms with Crippen LogP contribution in [0.3, 0.4) is 0 Å². The van der Waals surface area contributed by atoms with Crippen molar-refractivity contribution in [3.05, 3.63) is 48.4 Å². The largest absolute Gasteiger partial charge is 0.437 e. The highest BCUT2D eigenvalue weighted by atomic mass is 32.2. The average molecular weight is 324 g/mol. The van der Waals surface area contributed by atoms with Crippen LogP contribution in [-0.4, -0.2) is 29.9 Å². The molecule has 0 spiro atoms. The molecule has 0 radical (unpaired) electrons. The van der Waals surface area contributed by atoms with Crippen molar-refractivity contribution in [2.75, 3.05) is 13.1 Å². The molecule has 5 nitrogen and oxygen atoms in total. The van der Waals surface area contributed by atoms with E-state index in [1.807, 2.05) is 37.5 Å². The lowest BCUT2D eigenvalue weighted by atomic mass is 10.1. The summed E-state index contributed by atoms with van der Waals surface area (Å²) in [6.45, 7) is 5.64. The van der Waals surface area contributed by atoms with Gasteiger partial charge < -0.3 is 0 Å². The van der Waals surface area contributed by atoms with E-state index in [0.717, 1.165) is 24.1 Å². The number of quaternary nitrogens is 1. The molecule has 1 aliphatic rings. The first-order valence-corrected chi connectivity index (χ1v) is 9.05. The molecule has 0 amide bonds. The summed E-state index contributed by atoms with van der Waals surface area (Å²) in [5, 5.41) is 0. The third-order valence-corrected chi connectivity index (χ3v) is 5.29. The van der Waals surface area contributed by atoms with Crippen LogP contribution >= 0.6 is 0 Å². The Labute approximate surface area is 132 Å². The molecular formula is C16H24N2O3S+2. The Morgan fingerprint density at radius 3 is 2.36 bits per heavy atom. The lowest BCUT2D eigenvalue weighted by Gasteiger charge is -2.31. The molecule has 1 atom stereocenters. The summed E-state index contributed by atoms with van der Waals surface area (Å²) >= 11 is 0. The zero-order valence-corrected chi connectivity index (χ0v) is 14.0. The van der Waals surface area contributed by atoms with Crippen molar-refractivity contribution < 1.29 is 21.4 Å². The first-order chi connectivity index (χ1) is 10.4. The van der Waals surface area contributed by atoms with Crippen LogP contribution in [0, 0.1) is 0 Å². The summed E-state index contributed by atoms with van der Waals surface area (Å²) in [6.07, 6.45) is 11.1. The third-order valence-electron chi connectivity index (χ3n) is 3.91. The van der Waals surface area contributed by atoms with Gasteiger partial charge in [0.25, 0.3) is 0 Å². The number of nitrogens with zero attached hydrogens (tertiary/aromatic N) is 2. The summed E-state index contributed by atoms with van der Waals surface area (Å²) < 4.78 is 34.6. The predicted octanol–water partition coefficient (Wildman–Crippen LogP) is 2.32. The van der Waals surface area contributed by atoms with Gasteiger partial charge in [0.15, 0.2) is 12.4 Å². The van der Waals surface area contributed by atoms with Crippen LogP contribution in [0.5, 0.6) is 0 Å². The SMILES string of the molecule is CCC[n+]1ccc(C2=CC[N+](CCC)(S(=O)(=O)O)C=C2)cc1. The van der Waals surface area contributed by atoms with E-state index < -0.39 is 14.2 Å². The molecule has 1 aromatic heterocycles. The third kappa shape index (κ3) is 3.45. The molecule has 2 heterocycles. The second-order valence-electron chi connectivity index (χ2n) is 5.61. The van der Waals surface area contributed by atoms with Crippen LogP contribution in [-0.2, 0) is 16.8 Å². The van der Waals surface area contributed by atoms with Crippen LogP contribution in [0.2, 0.25) is 0 Å². The highest BCUT2D eigenvalue weighted by molar-refractivity contribution is 7.80. The fraction of sp³-hybridized carbons (Fsp3) is 0.438. The van der Waals surface area contributed by atoms with Gasteiger partial charge in [-0.1, -0.05) is 13.8 Å². The van der Waals surface area contributed by atoms with Crippen molar-refractivity contribution in [3.8, 4) is 0 Å². The number of aryl methyl sites for hydroxylation is 1. The zero-order valence-electron chi connectivity index (χ0n) is 13.1. The van der Waals surface area contributed by atoms with Gasteiger partial charge in [0.05, 0.1) is 6.54 Å². The molecule has 1 aromatic rings.